The van der Waals surface area contributed by atoms with Gasteiger partial charge in [-0.15, -0.1) is 0 Å². The normalized spacial score (nSPS) is 17.9. The van der Waals surface area contributed by atoms with Crippen molar-refractivity contribution in [1.82, 2.24) is 14.9 Å². The second kappa shape index (κ2) is 8.16. The number of aliphatic hydroxyl groups excluding tert-OH is 1. The maximum atomic E-state index is 13.0. The fourth-order valence-electron chi connectivity index (χ4n) is 3.54. The molecular weight excluding hydrogens is 382 g/mol. The minimum absolute atomic E-state index is 0.0286. The van der Waals surface area contributed by atoms with Crippen molar-refractivity contribution in [3.05, 3.63) is 95.6 Å². The molecule has 1 aromatic carbocycles. The van der Waals surface area contributed by atoms with E-state index in [0.717, 1.165) is 0 Å². The molecule has 0 radical (unpaired) electrons. The van der Waals surface area contributed by atoms with Crippen LogP contribution in [0, 0.1) is 0 Å². The van der Waals surface area contributed by atoms with Crippen molar-refractivity contribution >= 4 is 17.4 Å². The number of carbonyl (C=O) groups is 2. The van der Waals surface area contributed by atoms with E-state index in [2.05, 4.69) is 9.97 Å². The molecule has 0 saturated carbocycles. The molecule has 1 fully saturated rings. The van der Waals surface area contributed by atoms with Gasteiger partial charge in [0.25, 0.3) is 11.7 Å². The number of nitrogens with zero attached hydrogens (tertiary/aromatic N) is 3. The molecule has 30 heavy (non-hydrogen) atoms. The lowest BCUT2D eigenvalue weighted by Crippen LogP contribution is -2.29. The number of aromatic nitrogens is 2. The molecule has 0 aliphatic carbocycles. The van der Waals surface area contributed by atoms with Crippen molar-refractivity contribution < 1.29 is 19.4 Å². The second-order valence-electron chi connectivity index (χ2n) is 6.70. The van der Waals surface area contributed by atoms with E-state index >= 15 is 0 Å². The monoisotopic (exact) mass is 401 g/mol. The lowest BCUT2D eigenvalue weighted by Gasteiger charge is -2.24. The summed E-state index contributed by atoms with van der Waals surface area (Å²) >= 11 is 0. The summed E-state index contributed by atoms with van der Waals surface area (Å²) in [6.07, 6.45) is 3.20. The lowest BCUT2D eigenvalue weighted by atomic mass is 9.98. The van der Waals surface area contributed by atoms with Crippen molar-refractivity contribution in [3.63, 3.8) is 0 Å². The van der Waals surface area contributed by atoms with E-state index in [1.165, 1.54) is 12.0 Å². The molecule has 7 heteroatoms. The van der Waals surface area contributed by atoms with Gasteiger partial charge >= 0.3 is 0 Å². The fourth-order valence-corrected chi connectivity index (χ4v) is 3.54. The molecule has 1 amide bonds. The van der Waals surface area contributed by atoms with Crippen molar-refractivity contribution in [2.45, 2.75) is 12.6 Å². The van der Waals surface area contributed by atoms with E-state index in [1.54, 1.807) is 67.0 Å². The smallest absolute Gasteiger partial charge is 0.296 e. The zero-order valence-corrected chi connectivity index (χ0v) is 16.2. The molecule has 1 unspecified atom stereocenters. The standard InChI is InChI=1S/C23H19N3O4/c1-30-18-11-3-2-9-16(18)21(27)19-20(17-10-5-7-13-25-17)26(23(29)22(19)28)14-15-8-4-6-12-24-15/h2-13,20,27H,14H2,1H3/b21-19-. The zero-order chi connectivity index (χ0) is 21.1. The predicted molar refractivity (Wildman–Crippen MR) is 109 cm³/mol. The van der Waals surface area contributed by atoms with E-state index in [9.17, 15) is 14.7 Å². The molecule has 1 aliphatic rings. The van der Waals surface area contributed by atoms with Crippen LogP contribution in [-0.2, 0) is 16.1 Å². The number of Topliss-reactive ketones (excluding diaryl/α,β-unsaturated/α-hetero) is 1. The summed E-state index contributed by atoms with van der Waals surface area (Å²) < 4.78 is 5.32. The van der Waals surface area contributed by atoms with E-state index in [-0.39, 0.29) is 17.9 Å². The van der Waals surface area contributed by atoms with Crippen LogP contribution >= 0.6 is 0 Å². The third-order valence-corrected chi connectivity index (χ3v) is 4.93. The topological polar surface area (TPSA) is 92.6 Å². The largest absolute Gasteiger partial charge is 0.507 e. The van der Waals surface area contributed by atoms with Crippen molar-refractivity contribution in [3.8, 4) is 5.75 Å². The molecule has 0 spiro atoms. The molecule has 7 nitrogen and oxygen atoms in total. The number of amides is 1. The first kappa shape index (κ1) is 19.3. The van der Waals surface area contributed by atoms with Crippen LogP contribution in [-0.4, -0.2) is 38.8 Å². The summed E-state index contributed by atoms with van der Waals surface area (Å²) in [6.45, 7) is 0.107. The minimum atomic E-state index is -0.849. The van der Waals surface area contributed by atoms with Crippen LogP contribution in [0.4, 0.5) is 0 Å². The molecular formula is C23H19N3O4. The van der Waals surface area contributed by atoms with E-state index < -0.39 is 17.7 Å². The Bertz CT molecular complexity index is 1110. The summed E-state index contributed by atoms with van der Waals surface area (Å²) in [4.78, 5) is 35.9. The molecule has 4 rings (SSSR count). The SMILES string of the molecule is COc1ccccc1/C(O)=C1/C(=O)C(=O)N(Cc2ccccn2)C1c1ccccn1. The van der Waals surface area contributed by atoms with Gasteiger partial charge in [0, 0.05) is 12.4 Å². The maximum absolute atomic E-state index is 13.0. The van der Waals surface area contributed by atoms with Crippen molar-refractivity contribution in [2.24, 2.45) is 0 Å². The molecule has 1 saturated heterocycles. The Kier molecular flexibility index (Phi) is 5.26. The van der Waals surface area contributed by atoms with Gasteiger partial charge in [0.1, 0.15) is 17.6 Å². The highest BCUT2D eigenvalue weighted by Crippen LogP contribution is 2.40. The van der Waals surface area contributed by atoms with Crippen LogP contribution in [0.5, 0.6) is 5.75 Å². The molecule has 2 aromatic heterocycles. The van der Waals surface area contributed by atoms with Crippen LogP contribution in [0.15, 0.2) is 78.6 Å². The number of pyridine rings is 2. The molecule has 3 aromatic rings. The number of aliphatic hydroxyl groups is 1. The zero-order valence-electron chi connectivity index (χ0n) is 16.2. The van der Waals surface area contributed by atoms with Crippen LogP contribution in [0.1, 0.15) is 23.0 Å². The maximum Gasteiger partial charge on any atom is 0.296 e. The van der Waals surface area contributed by atoms with Crippen molar-refractivity contribution in [2.75, 3.05) is 7.11 Å². The molecule has 1 N–H and O–H groups in total. The molecule has 1 aliphatic heterocycles. The number of hydrogen-bond donors (Lipinski definition) is 1. The predicted octanol–water partition coefficient (Wildman–Crippen LogP) is 3.11. The highest BCUT2D eigenvalue weighted by Gasteiger charge is 2.47. The van der Waals surface area contributed by atoms with Crippen molar-refractivity contribution in [1.29, 1.82) is 0 Å². The Morgan fingerprint density at radius 2 is 1.70 bits per heavy atom. The quantitative estimate of drug-likeness (QED) is 0.401. The van der Waals surface area contributed by atoms with Crippen LogP contribution < -0.4 is 4.74 Å². The minimum Gasteiger partial charge on any atom is -0.507 e. The van der Waals surface area contributed by atoms with E-state index in [1.807, 2.05) is 6.07 Å². The Morgan fingerprint density at radius 3 is 2.37 bits per heavy atom. The molecule has 1 atom stereocenters. The summed E-state index contributed by atoms with van der Waals surface area (Å²) in [7, 11) is 1.47. The summed E-state index contributed by atoms with van der Waals surface area (Å²) in [5.41, 5.74) is 1.40. The highest BCUT2D eigenvalue weighted by molar-refractivity contribution is 6.46. The van der Waals surface area contributed by atoms with Gasteiger partial charge in [-0.3, -0.25) is 19.6 Å². The first-order chi connectivity index (χ1) is 14.6. The first-order valence-electron chi connectivity index (χ1n) is 9.34. The van der Waals surface area contributed by atoms with Gasteiger partial charge in [-0.1, -0.05) is 24.3 Å². The third-order valence-electron chi connectivity index (χ3n) is 4.93. The number of rotatable bonds is 5. The average Bonchev–Trinajstić information content (AvgIpc) is 3.04. The van der Waals surface area contributed by atoms with E-state index in [0.29, 0.717) is 22.7 Å². The number of ether oxygens (including phenoxy) is 1. The van der Waals surface area contributed by atoms with Crippen LogP contribution in [0.2, 0.25) is 0 Å². The number of likely N-dealkylation sites (tertiary alicyclic amines) is 1. The number of para-hydroxylation sites is 1. The van der Waals surface area contributed by atoms with Gasteiger partial charge < -0.3 is 14.7 Å². The number of ketones is 1. The Morgan fingerprint density at radius 1 is 1.00 bits per heavy atom. The lowest BCUT2D eigenvalue weighted by molar-refractivity contribution is -0.140. The van der Waals surface area contributed by atoms with Gasteiger partial charge in [0.15, 0.2) is 0 Å². The van der Waals surface area contributed by atoms with Gasteiger partial charge in [-0.2, -0.15) is 0 Å². The third kappa shape index (κ3) is 3.41. The number of carbonyl (C=O) groups excluding carboxylic acids is 2. The Hall–Kier alpha value is -4.00. The Balaban J connectivity index is 1.88. The fraction of sp³-hybridized carbons (Fsp3) is 0.130. The highest BCUT2D eigenvalue weighted by atomic mass is 16.5. The number of methoxy groups -OCH3 is 1. The molecule has 150 valence electrons. The molecule has 0 bridgehead atoms. The van der Waals surface area contributed by atoms with Crippen LogP contribution in [0.25, 0.3) is 5.76 Å². The van der Waals surface area contributed by atoms with Gasteiger partial charge in [-0.05, 0) is 36.4 Å². The van der Waals surface area contributed by atoms with Crippen LogP contribution in [0.3, 0.4) is 0 Å². The van der Waals surface area contributed by atoms with Gasteiger partial charge in [0.2, 0.25) is 0 Å². The van der Waals surface area contributed by atoms with Gasteiger partial charge in [-0.25, -0.2) is 0 Å². The Labute approximate surface area is 173 Å². The second-order valence-corrected chi connectivity index (χ2v) is 6.70. The summed E-state index contributed by atoms with van der Waals surface area (Å²) in [6, 6.07) is 16.5. The average molecular weight is 401 g/mol. The molecule has 3 heterocycles. The number of benzene rings is 1. The first-order valence-corrected chi connectivity index (χ1v) is 9.34. The summed E-state index contributed by atoms with van der Waals surface area (Å²) in [5, 5.41) is 11.1. The van der Waals surface area contributed by atoms with E-state index in [4.69, 9.17) is 4.74 Å². The number of hydrogen-bond acceptors (Lipinski definition) is 6. The van der Waals surface area contributed by atoms with Gasteiger partial charge in [0.05, 0.1) is 36.2 Å². The summed E-state index contributed by atoms with van der Waals surface area (Å²) in [5.74, 6) is -1.39.